The summed E-state index contributed by atoms with van der Waals surface area (Å²) in [4.78, 5) is 2.36. The van der Waals surface area contributed by atoms with E-state index in [1.165, 1.54) is 31.5 Å². The maximum Gasteiger partial charge on any atom is 0.124 e. The zero-order valence-electron chi connectivity index (χ0n) is 10.0. The molecule has 94 valence electrons. The zero-order chi connectivity index (χ0) is 12.3. The predicted octanol–water partition coefficient (Wildman–Crippen LogP) is 3.48. The van der Waals surface area contributed by atoms with Crippen molar-refractivity contribution in [3.8, 4) is 0 Å². The van der Waals surface area contributed by atoms with Gasteiger partial charge in [-0.15, -0.1) is 0 Å². The maximum absolute atomic E-state index is 13.0. The molecule has 4 heteroatoms. The Balaban J connectivity index is 2.00. The molecule has 1 heterocycles. The van der Waals surface area contributed by atoms with Gasteiger partial charge in [-0.3, -0.25) is 0 Å². The molecular weight excluding hydrogens is 283 g/mol. The second-order valence-corrected chi connectivity index (χ2v) is 5.55. The van der Waals surface area contributed by atoms with Crippen molar-refractivity contribution in [3.63, 3.8) is 0 Å². The van der Waals surface area contributed by atoms with Gasteiger partial charge in [-0.25, -0.2) is 4.39 Å². The Labute approximate surface area is 110 Å². The molecule has 2 rings (SSSR count). The minimum atomic E-state index is -0.206. The van der Waals surface area contributed by atoms with Crippen LogP contribution in [0, 0.1) is 5.82 Å². The van der Waals surface area contributed by atoms with Crippen molar-refractivity contribution < 1.29 is 4.39 Å². The molecule has 0 aromatic heterocycles. The zero-order valence-corrected chi connectivity index (χ0v) is 11.6. The molecule has 2 nitrogen and oxygen atoms in total. The summed E-state index contributed by atoms with van der Waals surface area (Å²) in [5.74, 6) is -0.206. The highest BCUT2D eigenvalue weighted by Gasteiger charge is 2.15. The van der Waals surface area contributed by atoms with Crippen molar-refractivity contribution >= 4 is 21.6 Å². The van der Waals surface area contributed by atoms with E-state index in [0.29, 0.717) is 6.04 Å². The van der Waals surface area contributed by atoms with Crippen LogP contribution in [0.2, 0.25) is 0 Å². The first-order valence-electron chi connectivity index (χ1n) is 6.05. The second kappa shape index (κ2) is 5.83. The normalized spacial score (nSPS) is 22.2. The predicted molar refractivity (Wildman–Crippen MR) is 72.9 cm³/mol. The Kier molecular flexibility index (Phi) is 4.40. The van der Waals surface area contributed by atoms with E-state index in [2.05, 4.69) is 33.2 Å². The Morgan fingerprint density at radius 2 is 2.18 bits per heavy atom. The number of hydrogen-bond donors (Lipinski definition) is 1. The highest BCUT2D eigenvalue weighted by molar-refractivity contribution is 9.10. The topological polar surface area (TPSA) is 15.3 Å². The van der Waals surface area contributed by atoms with Crippen molar-refractivity contribution in [2.75, 3.05) is 25.5 Å². The minimum absolute atomic E-state index is 0.206. The molecule has 17 heavy (non-hydrogen) atoms. The quantitative estimate of drug-likeness (QED) is 0.899. The molecule has 1 aromatic carbocycles. The van der Waals surface area contributed by atoms with Crippen LogP contribution in [0.1, 0.15) is 19.3 Å². The molecule has 1 aliphatic rings. The first-order chi connectivity index (χ1) is 8.15. The van der Waals surface area contributed by atoms with E-state index in [9.17, 15) is 4.39 Å². The van der Waals surface area contributed by atoms with Crippen LogP contribution in [0.3, 0.4) is 0 Å². The molecule has 1 N–H and O–H groups in total. The highest BCUT2D eigenvalue weighted by atomic mass is 79.9. The van der Waals surface area contributed by atoms with Crippen molar-refractivity contribution in [2.45, 2.75) is 25.3 Å². The van der Waals surface area contributed by atoms with Crippen molar-refractivity contribution in [1.82, 2.24) is 4.90 Å². The lowest BCUT2D eigenvalue weighted by molar-refractivity contribution is 0.348. The van der Waals surface area contributed by atoms with Crippen molar-refractivity contribution in [2.24, 2.45) is 0 Å². The summed E-state index contributed by atoms with van der Waals surface area (Å²) in [6, 6.07) is 5.29. The number of nitrogens with zero attached hydrogens (tertiary/aromatic N) is 1. The third-order valence-corrected chi connectivity index (χ3v) is 3.90. The minimum Gasteiger partial charge on any atom is -0.381 e. The number of nitrogens with one attached hydrogen (secondary N) is 1. The average molecular weight is 301 g/mol. The van der Waals surface area contributed by atoms with E-state index in [0.717, 1.165) is 23.1 Å². The fraction of sp³-hybridized carbons (Fsp3) is 0.538. The first-order valence-corrected chi connectivity index (χ1v) is 6.84. The number of hydrogen-bond acceptors (Lipinski definition) is 2. The van der Waals surface area contributed by atoms with E-state index in [4.69, 9.17) is 0 Å². The lowest BCUT2D eigenvalue weighted by Crippen LogP contribution is -2.23. The van der Waals surface area contributed by atoms with Gasteiger partial charge in [0.1, 0.15) is 5.82 Å². The van der Waals surface area contributed by atoms with Crippen LogP contribution in [0.4, 0.5) is 10.1 Å². The van der Waals surface area contributed by atoms with Gasteiger partial charge in [0.2, 0.25) is 0 Å². The Hall–Kier alpha value is -0.610. The molecule has 0 spiro atoms. The molecule has 1 fully saturated rings. The fourth-order valence-corrected chi connectivity index (χ4v) is 2.68. The highest BCUT2D eigenvalue weighted by Crippen LogP contribution is 2.25. The summed E-state index contributed by atoms with van der Waals surface area (Å²) in [6.07, 6.45) is 3.53. The number of halogens is 2. The Morgan fingerprint density at radius 1 is 1.35 bits per heavy atom. The van der Waals surface area contributed by atoms with Crippen LogP contribution in [-0.2, 0) is 0 Å². The van der Waals surface area contributed by atoms with Crippen LogP contribution >= 0.6 is 15.9 Å². The molecule has 0 saturated carbocycles. The van der Waals surface area contributed by atoms with Gasteiger partial charge in [0.05, 0.1) is 0 Å². The van der Waals surface area contributed by atoms with Crippen molar-refractivity contribution in [3.05, 3.63) is 28.5 Å². The van der Waals surface area contributed by atoms with E-state index in [-0.39, 0.29) is 5.82 Å². The third-order valence-electron chi connectivity index (χ3n) is 3.24. The molecule has 1 aliphatic heterocycles. The van der Waals surface area contributed by atoms with E-state index >= 15 is 0 Å². The van der Waals surface area contributed by atoms with Gasteiger partial charge in [-0.1, -0.05) is 0 Å². The lowest BCUT2D eigenvalue weighted by atomic mass is 10.1. The fourth-order valence-electron chi connectivity index (χ4n) is 2.21. The van der Waals surface area contributed by atoms with Crippen LogP contribution < -0.4 is 5.32 Å². The van der Waals surface area contributed by atoms with E-state index in [1.54, 1.807) is 6.07 Å². The maximum atomic E-state index is 13.0. The smallest absolute Gasteiger partial charge is 0.124 e. The summed E-state index contributed by atoms with van der Waals surface area (Å²) in [7, 11) is 2.16. The number of rotatable bonds is 2. The molecule has 0 amide bonds. The molecule has 1 unspecified atom stereocenters. The van der Waals surface area contributed by atoms with Gasteiger partial charge in [0.25, 0.3) is 0 Å². The molecule has 1 atom stereocenters. The van der Waals surface area contributed by atoms with Gasteiger partial charge in [-0.2, -0.15) is 0 Å². The largest absolute Gasteiger partial charge is 0.381 e. The summed E-state index contributed by atoms with van der Waals surface area (Å²) >= 11 is 3.39. The van der Waals surface area contributed by atoms with Crippen molar-refractivity contribution in [1.29, 1.82) is 0 Å². The molecule has 0 radical (unpaired) electrons. The molecule has 1 saturated heterocycles. The average Bonchev–Trinajstić information content (AvgIpc) is 2.48. The molecule has 0 aliphatic carbocycles. The van der Waals surface area contributed by atoms with Crippen LogP contribution in [0.5, 0.6) is 0 Å². The van der Waals surface area contributed by atoms with Gasteiger partial charge in [0, 0.05) is 16.2 Å². The lowest BCUT2D eigenvalue weighted by Gasteiger charge is -2.19. The van der Waals surface area contributed by atoms with Crippen LogP contribution in [0.25, 0.3) is 0 Å². The Bertz CT molecular complexity index is 384. The standard InChI is InChI=1S/C13H18BrFN2/c1-17-7-2-3-11(6-8-17)16-13-5-4-10(15)9-12(13)14/h4-5,9,11,16H,2-3,6-8H2,1H3. The monoisotopic (exact) mass is 300 g/mol. The first kappa shape index (κ1) is 12.8. The van der Waals surface area contributed by atoms with Crippen LogP contribution in [0.15, 0.2) is 22.7 Å². The second-order valence-electron chi connectivity index (χ2n) is 4.70. The molecule has 1 aromatic rings. The number of likely N-dealkylation sites (tertiary alicyclic amines) is 1. The van der Waals surface area contributed by atoms with Gasteiger partial charge in [0.15, 0.2) is 0 Å². The summed E-state index contributed by atoms with van der Waals surface area (Å²) in [5.41, 5.74) is 0.987. The Morgan fingerprint density at radius 3 is 2.94 bits per heavy atom. The van der Waals surface area contributed by atoms with Gasteiger partial charge in [-0.05, 0) is 73.5 Å². The van der Waals surface area contributed by atoms with Gasteiger partial charge < -0.3 is 10.2 Å². The molecular formula is C13H18BrFN2. The van der Waals surface area contributed by atoms with E-state index in [1.807, 2.05) is 0 Å². The number of anilines is 1. The summed E-state index contributed by atoms with van der Waals surface area (Å²) in [6.45, 7) is 2.29. The van der Waals surface area contributed by atoms with Crippen LogP contribution in [-0.4, -0.2) is 31.1 Å². The SMILES string of the molecule is CN1CCCC(Nc2ccc(F)cc2Br)CC1. The molecule has 0 bridgehead atoms. The number of benzene rings is 1. The van der Waals surface area contributed by atoms with E-state index < -0.39 is 0 Å². The summed E-state index contributed by atoms with van der Waals surface area (Å²) in [5, 5.41) is 3.50. The summed E-state index contributed by atoms with van der Waals surface area (Å²) < 4.78 is 13.8. The van der Waals surface area contributed by atoms with Gasteiger partial charge >= 0.3 is 0 Å². The third kappa shape index (κ3) is 3.68.